The van der Waals surface area contributed by atoms with E-state index >= 15 is 0 Å². The van der Waals surface area contributed by atoms with Crippen molar-refractivity contribution in [2.24, 2.45) is 0 Å². The number of anilines is 2. The number of carbonyl (C=O) groups is 2. The number of nitrogens with one attached hydrogen (secondary N) is 2. The van der Waals surface area contributed by atoms with E-state index in [-0.39, 0.29) is 36.9 Å². The molecular weight excluding hydrogens is 318 g/mol. The highest BCUT2D eigenvalue weighted by molar-refractivity contribution is 6.04. The van der Waals surface area contributed by atoms with Gasteiger partial charge in [0.15, 0.2) is 0 Å². The summed E-state index contributed by atoms with van der Waals surface area (Å²) in [5.74, 6) is -0.126. The molecule has 7 heteroatoms. The molecular formula is C18H23N5O2. The van der Waals surface area contributed by atoms with Crippen LogP contribution in [0.25, 0.3) is 0 Å². The standard InChI is InChI=1S/C18H23N5O2/c1-13(12-22-9-5-8-20-22)19-11-18(25)23-14(2)10-17(24)21-15-6-3-4-7-16(15)23/h3-9,13-14,19H,10-12H2,1-2H3,(H,21,24). The summed E-state index contributed by atoms with van der Waals surface area (Å²) < 4.78 is 1.83. The van der Waals surface area contributed by atoms with Crippen LogP contribution in [0.4, 0.5) is 11.4 Å². The maximum absolute atomic E-state index is 12.8. The third kappa shape index (κ3) is 4.06. The lowest BCUT2D eigenvalue weighted by Gasteiger charge is -2.28. The number of rotatable bonds is 5. The lowest BCUT2D eigenvalue weighted by molar-refractivity contribution is -0.118. The largest absolute Gasteiger partial charge is 0.324 e. The van der Waals surface area contributed by atoms with Gasteiger partial charge in [0.1, 0.15) is 0 Å². The Morgan fingerprint density at radius 3 is 2.96 bits per heavy atom. The van der Waals surface area contributed by atoms with Crippen molar-refractivity contribution >= 4 is 23.2 Å². The highest BCUT2D eigenvalue weighted by Crippen LogP contribution is 2.31. The summed E-state index contributed by atoms with van der Waals surface area (Å²) in [6.07, 6.45) is 3.91. The SMILES string of the molecule is CC(Cn1cccn1)NCC(=O)N1c2ccccc2NC(=O)CC1C. The summed E-state index contributed by atoms with van der Waals surface area (Å²) in [7, 11) is 0. The molecule has 25 heavy (non-hydrogen) atoms. The first-order chi connectivity index (χ1) is 12.0. The first kappa shape index (κ1) is 17.2. The van der Waals surface area contributed by atoms with Crippen LogP contribution in [0.1, 0.15) is 20.3 Å². The van der Waals surface area contributed by atoms with Crippen molar-refractivity contribution in [2.75, 3.05) is 16.8 Å². The summed E-state index contributed by atoms with van der Waals surface area (Å²) in [4.78, 5) is 26.5. The van der Waals surface area contributed by atoms with Crippen LogP contribution in [0.3, 0.4) is 0 Å². The van der Waals surface area contributed by atoms with E-state index in [1.54, 1.807) is 11.1 Å². The second-order valence-electron chi connectivity index (χ2n) is 6.39. The van der Waals surface area contributed by atoms with Gasteiger partial charge in [0, 0.05) is 30.9 Å². The molecule has 0 spiro atoms. The minimum Gasteiger partial charge on any atom is -0.324 e. The van der Waals surface area contributed by atoms with Crippen molar-refractivity contribution < 1.29 is 9.59 Å². The van der Waals surface area contributed by atoms with E-state index in [1.807, 2.05) is 55.1 Å². The highest BCUT2D eigenvalue weighted by Gasteiger charge is 2.29. The van der Waals surface area contributed by atoms with Gasteiger partial charge < -0.3 is 15.5 Å². The predicted molar refractivity (Wildman–Crippen MR) is 96.3 cm³/mol. The van der Waals surface area contributed by atoms with Crippen LogP contribution in [0.5, 0.6) is 0 Å². The van der Waals surface area contributed by atoms with E-state index in [2.05, 4.69) is 15.7 Å². The Labute approximate surface area is 147 Å². The van der Waals surface area contributed by atoms with Gasteiger partial charge in [-0.3, -0.25) is 14.3 Å². The Hall–Kier alpha value is -2.67. The second kappa shape index (κ2) is 7.48. The van der Waals surface area contributed by atoms with Gasteiger partial charge in [-0.15, -0.1) is 0 Å². The first-order valence-corrected chi connectivity index (χ1v) is 8.46. The molecule has 1 aliphatic heterocycles. The Morgan fingerprint density at radius 2 is 2.20 bits per heavy atom. The van der Waals surface area contributed by atoms with Gasteiger partial charge in [0.05, 0.1) is 24.5 Å². The fourth-order valence-electron chi connectivity index (χ4n) is 3.07. The molecule has 2 unspecified atom stereocenters. The molecule has 0 fully saturated rings. The van der Waals surface area contributed by atoms with Crippen molar-refractivity contribution in [2.45, 2.75) is 38.9 Å². The number of hydrogen-bond acceptors (Lipinski definition) is 4. The number of nitrogens with zero attached hydrogens (tertiary/aromatic N) is 3. The van der Waals surface area contributed by atoms with E-state index in [1.165, 1.54) is 0 Å². The van der Waals surface area contributed by atoms with E-state index in [4.69, 9.17) is 0 Å². The molecule has 0 radical (unpaired) electrons. The summed E-state index contributed by atoms with van der Waals surface area (Å²) in [5.41, 5.74) is 1.42. The zero-order valence-electron chi connectivity index (χ0n) is 14.5. The maximum Gasteiger partial charge on any atom is 0.241 e. The number of carbonyl (C=O) groups excluding carboxylic acids is 2. The Bertz CT molecular complexity index is 744. The van der Waals surface area contributed by atoms with Crippen LogP contribution in [0, 0.1) is 0 Å². The summed E-state index contributed by atoms with van der Waals surface area (Å²) in [5, 5.41) is 10.3. The summed E-state index contributed by atoms with van der Waals surface area (Å²) in [6, 6.07) is 9.18. The monoisotopic (exact) mass is 341 g/mol. The average molecular weight is 341 g/mol. The molecule has 132 valence electrons. The highest BCUT2D eigenvalue weighted by atomic mass is 16.2. The van der Waals surface area contributed by atoms with Crippen molar-refractivity contribution in [1.82, 2.24) is 15.1 Å². The van der Waals surface area contributed by atoms with E-state index in [0.29, 0.717) is 12.2 Å². The molecule has 0 saturated carbocycles. The number of amides is 2. The molecule has 2 amide bonds. The number of fused-ring (bicyclic) bond motifs is 1. The quantitative estimate of drug-likeness (QED) is 0.866. The van der Waals surface area contributed by atoms with Crippen LogP contribution >= 0.6 is 0 Å². The minimum absolute atomic E-state index is 0.0521. The third-order valence-electron chi connectivity index (χ3n) is 4.25. The average Bonchev–Trinajstić information content (AvgIpc) is 3.03. The van der Waals surface area contributed by atoms with E-state index in [9.17, 15) is 9.59 Å². The normalized spacial score (nSPS) is 18.2. The van der Waals surface area contributed by atoms with Crippen molar-refractivity contribution in [3.05, 3.63) is 42.7 Å². The van der Waals surface area contributed by atoms with Crippen molar-refractivity contribution in [3.63, 3.8) is 0 Å². The van der Waals surface area contributed by atoms with Crippen LogP contribution in [0.2, 0.25) is 0 Å². The van der Waals surface area contributed by atoms with Crippen LogP contribution < -0.4 is 15.5 Å². The van der Waals surface area contributed by atoms with Gasteiger partial charge in [0.25, 0.3) is 0 Å². The molecule has 2 N–H and O–H groups in total. The molecule has 0 aliphatic carbocycles. The molecule has 1 aliphatic rings. The van der Waals surface area contributed by atoms with Crippen LogP contribution in [-0.2, 0) is 16.1 Å². The first-order valence-electron chi connectivity index (χ1n) is 8.46. The van der Waals surface area contributed by atoms with Gasteiger partial charge in [-0.25, -0.2) is 0 Å². The molecule has 2 aromatic rings. The van der Waals surface area contributed by atoms with Crippen LogP contribution in [-0.4, -0.2) is 40.2 Å². The molecule has 1 aromatic heterocycles. The molecule has 2 atom stereocenters. The van der Waals surface area contributed by atoms with Crippen molar-refractivity contribution in [1.29, 1.82) is 0 Å². The van der Waals surface area contributed by atoms with Gasteiger partial charge >= 0.3 is 0 Å². The van der Waals surface area contributed by atoms with Gasteiger partial charge in [-0.05, 0) is 32.0 Å². The molecule has 0 bridgehead atoms. The number of hydrogen-bond donors (Lipinski definition) is 2. The zero-order chi connectivity index (χ0) is 17.8. The smallest absolute Gasteiger partial charge is 0.241 e. The topological polar surface area (TPSA) is 79.3 Å². The third-order valence-corrected chi connectivity index (χ3v) is 4.25. The zero-order valence-corrected chi connectivity index (χ0v) is 14.5. The van der Waals surface area contributed by atoms with E-state index in [0.717, 1.165) is 5.69 Å². The predicted octanol–water partition coefficient (Wildman–Crippen LogP) is 1.63. The molecule has 7 nitrogen and oxygen atoms in total. The van der Waals surface area contributed by atoms with Gasteiger partial charge in [0.2, 0.25) is 11.8 Å². The lowest BCUT2D eigenvalue weighted by Crippen LogP contribution is -2.46. The lowest BCUT2D eigenvalue weighted by atomic mass is 10.1. The summed E-state index contributed by atoms with van der Waals surface area (Å²) >= 11 is 0. The Kier molecular flexibility index (Phi) is 5.14. The Balaban J connectivity index is 1.69. The maximum atomic E-state index is 12.8. The fourth-order valence-corrected chi connectivity index (χ4v) is 3.07. The second-order valence-corrected chi connectivity index (χ2v) is 6.39. The minimum atomic E-state index is -0.195. The Morgan fingerprint density at radius 1 is 1.40 bits per heavy atom. The van der Waals surface area contributed by atoms with E-state index < -0.39 is 0 Å². The number of aromatic nitrogens is 2. The summed E-state index contributed by atoms with van der Waals surface area (Å²) in [6.45, 7) is 4.80. The van der Waals surface area contributed by atoms with Gasteiger partial charge in [-0.1, -0.05) is 12.1 Å². The molecule has 2 heterocycles. The number of para-hydroxylation sites is 2. The molecule has 3 rings (SSSR count). The van der Waals surface area contributed by atoms with Crippen LogP contribution in [0.15, 0.2) is 42.7 Å². The number of benzene rings is 1. The molecule has 1 aromatic carbocycles. The fraction of sp³-hybridized carbons (Fsp3) is 0.389. The molecule has 0 saturated heterocycles. The van der Waals surface area contributed by atoms with Crippen molar-refractivity contribution in [3.8, 4) is 0 Å². The van der Waals surface area contributed by atoms with Gasteiger partial charge in [-0.2, -0.15) is 5.10 Å².